The highest BCUT2D eigenvalue weighted by Gasteiger charge is 2.24. The molecule has 37 heavy (non-hydrogen) atoms. The van der Waals surface area contributed by atoms with E-state index >= 15 is 0 Å². The zero-order chi connectivity index (χ0) is 25.6. The fourth-order valence-electron chi connectivity index (χ4n) is 5.01. The van der Waals surface area contributed by atoms with Gasteiger partial charge in [-0.2, -0.15) is 0 Å². The summed E-state index contributed by atoms with van der Waals surface area (Å²) in [6, 6.07) is 11.7. The second-order valence-corrected chi connectivity index (χ2v) is 9.74. The Morgan fingerprint density at radius 2 is 1.73 bits per heavy atom. The van der Waals surface area contributed by atoms with E-state index in [1.54, 1.807) is 13.4 Å². The van der Waals surface area contributed by atoms with E-state index < -0.39 is 0 Å². The quantitative estimate of drug-likeness (QED) is 0.461. The average molecular weight is 505 g/mol. The summed E-state index contributed by atoms with van der Waals surface area (Å²) < 4.78 is 11.8. The van der Waals surface area contributed by atoms with Gasteiger partial charge < -0.3 is 29.5 Å². The molecule has 0 aliphatic carbocycles. The number of aryl methyl sites for hydroxylation is 1. The lowest BCUT2D eigenvalue weighted by Crippen LogP contribution is -2.50. The second kappa shape index (κ2) is 11.6. The molecule has 0 spiro atoms. The van der Waals surface area contributed by atoms with Gasteiger partial charge in [-0.15, -0.1) is 0 Å². The zero-order valence-electron chi connectivity index (χ0n) is 21.8. The van der Waals surface area contributed by atoms with E-state index in [0.29, 0.717) is 44.3 Å². The summed E-state index contributed by atoms with van der Waals surface area (Å²) in [7, 11) is 1.66. The summed E-state index contributed by atoms with van der Waals surface area (Å²) in [5.41, 5.74) is 2.79. The number of ether oxygens (including phenoxy) is 2. The topological polar surface area (TPSA) is 83.1 Å². The van der Waals surface area contributed by atoms with Gasteiger partial charge in [-0.05, 0) is 57.5 Å². The summed E-state index contributed by atoms with van der Waals surface area (Å²) in [6.07, 6.45) is 5.18. The lowest BCUT2D eigenvalue weighted by atomic mass is 10.2. The molecule has 5 rings (SSSR count). The highest BCUT2D eigenvalue weighted by molar-refractivity contribution is 5.92. The molecule has 2 aliphatic heterocycles. The van der Waals surface area contributed by atoms with E-state index in [4.69, 9.17) is 9.47 Å². The van der Waals surface area contributed by atoms with Crippen LogP contribution in [0, 0.1) is 6.92 Å². The maximum atomic E-state index is 12.7. The fourth-order valence-corrected chi connectivity index (χ4v) is 5.01. The Hall–Kier alpha value is -3.59. The van der Waals surface area contributed by atoms with Crippen LogP contribution in [0.3, 0.4) is 0 Å². The lowest BCUT2D eigenvalue weighted by molar-refractivity contribution is 0.208. The number of anilines is 2. The normalized spacial score (nSPS) is 16.3. The number of hydrogen-bond acceptors (Lipinski definition) is 7. The number of carbonyl (C=O) groups is 1. The van der Waals surface area contributed by atoms with Crippen LogP contribution >= 0.6 is 0 Å². The van der Waals surface area contributed by atoms with Crippen molar-refractivity contribution in [3.8, 4) is 11.5 Å². The van der Waals surface area contributed by atoms with Gasteiger partial charge in [0.05, 0.1) is 19.2 Å². The second-order valence-electron chi connectivity index (χ2n) is 9.74. The number of piperazine rings is 1. The van der Waals surface area contributed by atoms with Gasteiger partial charge in [0, 0.05) is 49.9 Å². The molecular formula is C28H36N6O3. The van der Waals surface area contributed by atoms with Gasteiger partial charge >= 0.3 is 6.03 Å². The molecule has 0 bridgehead atoms. The van der Waals surface area contributed by atoms with Crippen LogP contribution in [-0.4, -0.2) is 85.3 Å². The number of methoxy groups -OCH3 is 1. The van der Waals surface area contributed by atoms with Crippen LogP contribution in [0.4, 0.5) is 16.3 Å². The third-order valence-corrected chi connectivity index (χ3v) is 7.14. The van der Waals surface area contributed by atoms with Crippen molar-refractivity contribution in [2.75, 3.05) is 69.7 Å². The maximum Gasteiger partial charge on any atom is 0.321 e. The van der Waals surface area contributed by atoms with Crippen molar-refractivity contribution in [3.63, 3.8) is 0 Å². The van der Waals surface area contributed by atoms with Crippen LogP contribution in [-0.2, 0) is 0 Å². The summed E-state index contributed by atoms with van der Waals surface area (Å²) >= 11 is 0. The van der Waals surface area contributed by atoms with Gasteiger partial charge in [0.15, 0.2) is 11.5 Å². The van der Waals surface area contributed by atoms with E-state index in [0.717, 1.165) is 40.9 Å². The minimum Gasteiger partial charge on any atom is -0.493 e. The Morgan fingerprint density at radius 3 is 2.46 bits per heavy atom. The summed E-state index contributed by atoms with van der Waals surface area (Å²) in [5, 5.41) is 3.91. The third-order valence-electron chi connectivity index (χ3n) is 7.14. The van der Waals surface area contributed by atoms with E-state index in [2.05, 4.69) is 25.1 Å². The number of benzene rings is 2. The Morgan fingerprint density at radius 1 is 0.973 bits per heavy atom. The minimum absolute atomic E-state index is 0.0794. The van der Waals surface area contributed by atoms with E-state index in [-0.39, 0.29) is 6.03 Å². The molecule has 1 N–H and O–H groups in total. The number of hydrogen-bond donors (Lipinski definition) is 1. The van der Waals surface area contributed by atoms with Crippen molar-refractivity contribution in [1.29, 1.82) is 0 Å². The molecule has 1 aromatic heterocycles. The number of aromatic nitrogens is 2. The van der Waals surface area contributed by atoms with Gasteiger partial charge in [0.25, 0.3) is 0 Å². The number of urea groups is 1. The first-order valence-electron chi connectivity index (χ1n) is 13.2. The molecule has 3 heterocycles. The molecule has 2 fully saturated rings. The van der Waals surface area contributed by atoms with Crippen LogP contribution in [0.5, 0.6) is 11.5 Å². The monoisotopic (exact) mass is 504 g/mol. The van der Waals surface area contributed by atoms with Crippen molar-refractivity contribution < 1.29 is 14.3 Å². The first kappa shape index (κ1) is 25.1. The van der Waals surface area contributed by atoms with Crippen LogP contribution in [0.2, 0.25) is 0 Å². The van der Waals surface area contributed by atoms with Gasteiger partial charge in [0.2, 0.25) is 0 Å². The molecule has 196 valence electrons. The van der Waals surface area contributed by atoms with Crippen molar-refractivity contribution in [3.05, 3.63) is 48.3 Å². The first-order valence-corrected chi connectivity index (χ1v) is 13.2. The van der Waals surface area contributed by atoms with E-state index in [1.165, 1.54) is 25.9 Å². The van der Waals surface area contributed by atoms with E-state index in [1.807, 2.05) is 48.2 Å². The van der Waals surface area contributed by atoms with Crippen LogP contribution in [0.15, 0.2) is 42.7 Å². The van der Waals surface area contributed by atoms with Gasteiger partial charge in [-0.3, -0.25) is 0 Å². The van der Waals surface area contributed by atoms with Crippen LogP contribution < -0.4 is 19.7 Å². The molecule has 3 aromatic rings. The maximum absolute atomic E-state index is 12.7. The molecule has 0 unspecified atom stereocenters. The number of rotatable bonds is 8. The standard InChI is InChI=1S/C28H36N6O3/c1-21-6-8-22(9-7-21)31-28(35)34-15-13-33(14-16-34)27-23-18-25(36-2)26(19-24(23)29-20-30-27)37-17-5-12-32-10-3-4-11-32/h6-9,18-20H,3-5,10-17H2,1-2H3,(H,31,35). The SMILES string of the molecule is COc1cc2c(N3CCN(C(=O)Nc4ccc(C)cc4)CC3)ncnc2cc1OCCCN1CCCC1. The number of fused-ring (bicyclic) bond motifs is 1. The number of carbonyl (C=O) groups excluding carboxylic acids is 1. The number of nitrogens with one attached hydrogen (secondary N) is 1. The van der Waals surface area contributed by atoms with Gasteiger partial charge in [0.1, 0.15) is 12.1 Å². The molecule has 2 aromatic carbocycles. The zero-order valence-corrected chi connectivity index (χ0v) is 21.8. The molecule has 0 atom stereocenters. The predicted octanol–water partition coefficient (Wildman–Crippen LogP) is 4.17. The third kappa shape index (κ3) is 6.05. The number of likely N-dealkylation sites (tertiary alicyclic amines) is 1. The Bertz CT molecular complexity index is 1200. The van der Waals surface area contributed by atoms with E-state index in [9.17, 15) is 4.79 Å². The van der Waals surface area contributed by atoms with Gasteiger partial charge in [-0.1, -0.05) is 17.7 Å². The number of amides is 2. The molecular weight excluding hydrogens is 468 g/mol. The van der Waals surface area contributed by atoms with Gasteiger partial charge in [-0.25, -0.2) is 14.8 Å². The molecule has 2 amide bonds. The molecule has 2 saturated heterocycles. The highest BCUT2D eigenvalue weighted by atomic mass is 16.5. The van der Waals surface area contributed by atoms with Crippen molar-refractivity contribution in [1.82, 2.24) is 19.8 Å². The largest absolute Gasteiger partial charge is 0.493 e. The Labute approximate surface area is 218 Å². The van der Waals surface area contributed by atoms with Crippen molar-refractivity contribution >= 4 is 28.4 Å². The highest BCUT2D eigenvalue weighted by Crippen LogP contribution is 2.35. The van der Waals surface area contributed by atoms with Crippen LogP contribution in [0.25, 0.3) is 10.9 Å². The summed E-state index contributed by atoms with van der Waals surface area (Å²) in [6.45, 7) is 8.73. The predicted molar refractivity (Wildman–Crippen MR) is 146 cm³/mol. The lowest BCUT2D eigenvalue weighted by Gasteiger charge is -2.35. The summed E-state index contributed by atoms with van der Waals surface area (Å²) in [4.78, 5) is 28.4. The van der Waals surface area contributed by atoms with Crippen molar-refractivity contribution in [2.45, 2.75) is 26.2 Å². The smallest absolute Gasteiger partial charge is 0.321 e. The molecule has 9 nitrogen and oxygen atoms in total. The molecule has 9 heteroatoms. The molecule has 0 radical (unpaired) electrons. The Balaban J connectivity index is 1.22. The van der Waals surface area contributed by atoms with Crippen LogP contribution in [0.1, 0.15) is 24.8 Å². The average Bonchev–Trinajstić information content (AvgIpc) is 3.45. The summed E-state index contributed by atoms with van der Waals surface area (Å²) in [5.74, 6) is 2.24. The molecule has 0 saturated carbocycles. The minimum atomic E-state index is -0.0794. The first-order chi connectivity index (χ1) is 18.1. The Kier molecular flexibility index (Phi) is 7.89. The van der Waals surface area contributed by atoms with Crippen molar-refractivity contribution in [2.24, 2.45) is 0 Å². The molecule has 2 aliphatic rings. The fraction of sp³-hybridized carbons (Fsp3) is 0.464. The number of nitrogens with zero attached hydrogens (tertiary/aromatic N) is 5.